The molecule has 8 nitrogen and oxygen atoms in total. The molecule has 8 heteroatoms. The van der Waals surface area contributed by atoms with Crippen molar-refractivity contribution in [3.8, 4) is 12.3 Å². The van der Waals surface area contributed by atoms with Gasteiger partial charge in [-0.2, -0.15) is 0 Å². The maximum atomic E-state index is 12.9. The molecule has 0 spiro atoms. The van der Waals surface area contributed by atoms with E-state index in [0.717, 1.165) is 17.6 Å². The fourth-order valence-corrected chi connectivity index (χ4v) is 3.81. The number of nitrogens with one attached hydrogen (secondary N) is 1. The summed E-state index contributed by atoms with van der Waals surface area (Å²) in [7, 11) is 0. The molecule has 1 atom stereocenters. The van der Waals surface area contributed by atoms with Gasteiger partial charge < -0.3 is 19.4 Å². The summed E-state index contributed by atoms with van der Waals surface area (Å²) in [5.74, 6) is 3.86. The van der Waals surface area contributed by atoms with E-state index < -0.39 is 5.60 Å². The molecule has 0 bridgehead atoms. The van der Waals surface area contributed by atoms with Gasteiger partial charge >= 0.3 is 6.09 Å². The lowest BCUT2D eigenvalue weighted by atomic mass is 9.98. The summed E-state index contributed by atoms with van der Waals surface area (Å²) in [6.45, 7) is 6.66. The first-order chi connectivity index (χ1) is 15.7. The van der Waals surface area contributed by atoms with E-state index in [-0.39, 0.29) is 17.8 Å². The van der Waals surface area contributed by atoms with Crippen molar-refractivity contribution in [2.45, 2.75) is 39.2 Å². The van der Waals surface area contributed by atoms with E-state index in [1.54, 1.807) is 23.2 Å². The first-order valence-corrected chi connectivity index (χ1v) is 10.9. The third kappa shape index (κ3) is 5.50. The zero-order valence-corrected chi connectivity index (χ0v) is 19.0. The summed E-state index contributed by atoms with van der Waals surface area (Å²) in [5.41, 5.74) is 1.55. The number of amides is 1. The van der Waals surface area contributed by atoms with Crippen molar-refractivity contribution in [1.29, 1.82) is 0 Å². The summed E-state index contributed by atoms with van der Waals surface area (Å²) < 4.78 is 7.27. The van der Waals surface area contributed by atoms with Crippen LogP contribution >= 0.6 is 0 Å². The van der Waals surface area contributed by atoms with Crippen LogP contribution in [0.25, 0.3) is 5.65 Å². The van der Waals surface area contributed by atoms with E-state index >= 15 is 0 Å². The molecular formula is C25H27N5O3. The Labute approximate surface area is 193 Å². The van der Waals surface area contributed by atoms with E-state index in [9.17, 15) is 9.59 Å². The topological polar surface area (TPSA) is 88.8 Å². The van der Waals surface area contributed by atoms with Crippen LogP contribution in [0.5, 0.6) is 0 Å². The molecule has 170 valence electrons. The van der Waals surface area contributed by atoms with Crippen LogP contribution in [0.1, 0.15) is 49.5 Å². The third-order valence-electron chi connectivity index (χ3n) is 5.37. The largest absolute Gasteiger partial charge is 0.444 e. The number of anilines is 2. The van der Waals surface area contributed by atoms with Gasteiger partial charge in [0.25, 0.3) is 0 Å². The van der Waals surface area contributed by atoms with Crippen molar-refractivity contribution in [1.82, 2.24) is 19.3 Å². The molecule has 4 rings (SSSR count). The highest BCUT2D eigenvalue weighted by atomic mass is 16.6. The molecular weight excluding hydrogens is 418 g/mol. The van der Waals surface area contributed by atoms with Gasteiger partial charge in [0.05, 0.1) is 6.20 Å². The van der Waals surface area contributed by atoms with Crippen LogP contribution in [-0.4, -0.2) is 49.8 Å². The molecule has 3 aromatic heterocycles. The number of pyridine rings is 2. The fourth-order valence-electron chi connectivity index (χ4n) is 3.81. The van der Waals surface area contributed by atoms with E-state index in [4.69, 9.17) is 11.2 Å². The van der Waals surface area contributed by atoms with Gasteiger partial charge in [0.1, 0.15) is 17.1 Å². The van der Waals surface area contributed by atoms with Gasteiger partial charge in [-0.1, -0.05) is 5.92 Å². The SMILES string of the molecule is C#Cc1ccc2nc(Nc3cc(C(=O)C[C@H]4CCN(C(=O)OC(C)(C)C)C4)ccn3)cn2c1. The molecule has 1 fully saturated rings. The number of likely N-dealkylation sites (tertiary alicyclic amines) is 1. The zero-order chi connectivity index (χ0) is 23.6. The molecule has 33 heavy (non-hydrogen) atoms. The Morgan fingerprint density at radius 3 is 2.82 bits per heavy atom. The molecule has 0 aliphatic carbocycles. The average molecular weight is 446 g/mol. The van der Waals surface area contributed by atoms with Gasteiger partial charge in [0.2, 0.25) is 0 Å². The number of terminal acetylenes is 1. The fraction of sp³-hybridized carbons (Fsp3) is 0.360. The number of hydrogen-bond donors (Lipinski definition) is 1. The molecule has 0 radical (unpaired) electrons. The summed E-state index contributed by atoms with van der Waals surface area (Å²) >= 11 is 0. The van der Waals surface area contributed by atoms with Crippen LogP contribution in [0.3, 0.4) is 0 Å². The number of imidazole rings is 1. The highest BCUT2D eigenvalue weighted by molar-refractivity contribution is 5.97. The number of fused-ring (bicyclic) bond motifs is 1. The lowest BCUT2D eigenvalue weighted by molar-refractivity contribution is 0.0286. The van der Waals surface area contributed by atoms with Crippen molar-refractivity contribution < 1.29 is 14.3 Å². The number of carbonyl (C=O) groups is 2. The average Bonchev–Trinajstić information content (AvgIpc) is 3.38. The number of carbonyl (C=O) groups excluding carboxylic acids is 2. The maximum absolute atomic E-state index is 12.9. The van der Waals surface area contributed by atoms with Crippen LogP contribution in [0.15, 0.2) is 42.9 Å². The third-order valence-corrected chi connectivity index (χ3v) is 5.37. The Bertz CT molecular complexity index is 1230. The van der Waals surface area contributed by atoms with Crippen LogP contribution in [-0.2, 0) is 4.74 Å². The Balaban J connectivity index is 1.38. The van der Waals surface area contributed by atoms with Gasteiger partial charge in [-0.05, 0) is 57.4 Å². The number of Topliss-reactive ketones (excluding diaryl/α,β-unsaturated/α-hetero) is 1. The number of ether oxygens (including phenoxy) is 1. The van der Waals surface area contributed by atoms with Gasteiger partial charge in [0.15, 0.2) is 11.6 Å². The number of nitrogens with zero attached hydrogens (tertiary/aromatic N) is 4. The van der Waals surface area contributed by atoms with Crippen LogP contribution in [0.4, 0.5) is 16.4 Å². The second-order valence-electron chi connectivity index (χ2n) is 9.22. The van der Waals surface area contributed by atoms with Crippen molar-refractivity contribution in [2.75, 3.05) is 18.4 Å². The highest BCUT2D eigenvalue weighted by Gasteiger charge is 2.31. The van der Waals surface area contributed by atoms with Crippen LogP contribution < -0.4 is 5.32 Å². The minimum Gasteiger partial charge on any atom is -0.444 e. The zero-order valence-electron chi connectivity index (χ0n) is 19.0. The van der Waals surface area contributed by atoms with Gasteiger partial charge in [0, 0.05) is 43.0 Å². The number of hydrogen-bond acceptors (Lipinski definition) is 6. The Morgan fingerprint density at radius 1 is 1.24 bits per heavy atom. The van der Waals surface area contributed by atoms with Crippen molar-refractivity contribution in [3.63, 3.8) is 0 Å². The molecule has 1 amide bonds. The van der Waals surface area contributed by atoms with Gasteiger partial charge in [-0.3, -0.25) is 4.79 Å². The molecule has 1 N–H and O–H groups in total. The first kappa shape index (κ1) is 22.3. The van der Waals surface area contributed by atoms with Crippen molar-refractivity contribution in [2.24, 2.45) is 5.92 Å². The predicted octanol–water partition coefficient (Wildman–Crippen LogP) is 4.28. The highest BCUT2D eigenvalue weighted by Crippen LogP contribution is 2.24. The van der Waals surface area contributed by atoms with E-state index in [0.29, 0.717) is 36.7 Å². The van der Waals surface area contributed by atoms with E-state index in [2.05, 4.69) is 21.2 Å². The van der Waals surface area contributed by atoms with Crippen LogP contribution in [0, 0.1) is 18.3 Å². The molecule has 0 saturated carbocycles. The van der Waals surface area contributed by atoms with Crippen LogP contribution in [0.2, 0.25) is 0 Å². The quantitative estimate of drug-likeness (QED) is 0.466. The van der Waals surface area contributed by atoms with E-state index in [1.165, 1.54) is 0 Å². The van der Waals surface area contributed by atoms with E-state index in [1.807, 2.05) is 49.7 Å². The molecule has 3 aromatic rings. The van der Waals surface area contributed by atoms with Crippen molar-refractivity contribution in [3.05, 3.63) is 54.0 Å². The molecule has 4 heterocycles. The summed E-state index contributed by atoms with van der Waals surface area (Å²) in [5, 5.41) is 3.15. The lowest BCUT2D eigenvalue weighted by Gasteiger charge is -2.24. The second kappa shape index (κ2) is 8.94. The molecule has 0 aromatic carbocycles. The number of ketones is 1. The first-order valence-electron chi connectivity index (χ1n) is 10.9. The summed E-state index contributed by atoms with van der Waals surface area (Å²) in [4.78, 5) is 35.6. The summed E-state index contributed by atoms with van der Waals surface area (Å²) in [6.07, 6.45) is 11.5. The van der Waals surface area contributed by atoms with Gasteiger partial charge in [-0.15, -0.1) is 6.42 Å². The standard InChI is InChI=1S/C25H27N5O3/c1-5-17-6-7-23-28-22(16-30(23)14-17)27-21-13-19(8-10-26-21)20(31)12-18-9-11-29(15-18)24(32)33-25(2,3)4/h1,6-8,10,13-14,16,18H,9,11-12,15H2,2-4H3,(H,26,27)/t18-/m1/s1. The number of rotatable bonds is 5. The smallest absolute Gasteiger partial charge is 0.410 e. The monoisotopic (exact) mass is 445 g/mol. The maximum Gasteiger partial charge on any atom is 0.410 e. The number of aromatic nitrogens is 3. The second-order valence-corrected chi connectivity index (χ2v) is 9.22. The Kier molecular flexibility index (Phi) is 6.05. The minimum atomic E-state index is -0.532. The normalized spacial score (nSPS) is 15.9. The molecule has 1 aliphatic heterocycles. The minimum absolute atomic E-state index is 0.0187. The van der Waals surface area contributed by atoms with Crippen molar-refractivity contribution >= 4 is 29.2 Å². The molecule has 0 unspecified atom stereocenters. The predicted molar refractivity (Wildman–Crippen MR) is 126 cm³/mol. The molecule has 1 aliphatic rings. The lowest BCUT2D eigenvalue weighted by Crippen LogP contribution is -2.35. The van der Waals surface area contributed by atoms with Gasteiger partial charge in [-0.25, -0.2) is 14.8 Å². The molecule has 1 saturated heterocycles. The Hall–Kier alpha value is -3.86. The Morgan fingerprint density at radius 2 is 2.06 bits per heavy atom. The summed E-state index contributed by atoms with van der Waals surface area (Å²) in [6, 6.07) is 7.10.